The Kier molecular flexibility index (Phi) is 19.7. The van der Waals surface area contributed by atoms with Crippen molar-refractivity contribution in [3.63, 3.8) is 0 Å². The molecular weight excluding hydrogens is 1010 g/mol. The van der Waals surface area contributed by atoms with Gasteiger partial charge in [-0.05, 0) is 153 Å². The lowest BCUT2D eigenvalue weighted by molar-refractivity contribution is -0.300. The number of carbonyl (C=O) groups excluding carboxylic acids is 4. The molecule has 0 spiro atoms. The second kappa shape index (κ2) is 25.8. The van der Waals surface area contributed by atoms with Crippen molar-refractivity contribution in [2.75, 3.05) is 13.2 Å². The topological polar surface area (TPSA) is 142 Å². The van der Waals surface area contributed by atoms with Gasteiger partial charge in [-0.25, -0.2) is 9.59 Å². The van der Waals surface area contributed by atoms with Crippen LogP contribution in [-0.4, -0.2) is 92.2 Å². The van der Waals surface area contributed by atoms with Crippen molar-refractivity contribution in [2.24, 2.45) is 93.7 Å². The number of esters is 2. The van der Waals surface area contributed by atoms with Crippen LogP contribution in [0.1, 0.15) is 188 Å². The van der Waals surface area contributed by atoms with Crippen LogP contribution in [0.25, 0.3) is 0 Å². The normalized spacial score (nSPS) is 42.5. The third-order valence-electron chi connectivity index (χ3n) is 23.0. The molecule has 12 heteroatoms. The first-order valence-electron chi connectivity index (χ1n) is 31.6. The summed E-state index contributed by atoms with van der Waals surface area (Å²) < 4.78 is 52.5. The first-order valence-corrected chi connectivity index (χ1v) is 31.6. The maximum Gasteiger partial charge on any atom is 0.338 e. The molecule has 2 aromatic rings. The molecule has 0 bridgehead atoms. The zero-order chi connectivity index (χ0) is 57.4. The molecule has 7 aliphatic rings. The molecule has 25 atom stereocenters. The molecule has 3 aliphatic heterocycles. The molecule has 0 aromatic heterocycles. The molecule has 9 rings (SSSR count). The number of ketones is 2. The Labute approximate surface area is 479 Å². The Morgan fingerprint density at radius 3 is 1.81 bits per heavy atom. The molecule has 0 amide bonds. The molecule has 4 saturated carbocycles. The number of fused-ring (bicyclic) bond motifs is 5. The lowest BCUT2D eigenvalue weighted by Gasteiger charge is -2.61. The Balaban J connectivity index is 0.782. The number of benzene rings is 2. The van der Waals surface area contributed by atoms with Gasteiger partial charge in [0.2, 0.25) is 0 Å². The van der Waals surface area contributed by atoms with Crippen LogP contribution in [0.5, 0.6) is 0 Å². The van der Waals surface area contributed by atoms with Gasteiger partial charge in [-0.2, -0.15) is 0 Å². The van der Waals surface area contributed by atoms with Gasteiger partial charge in [-0.1, -0.05) is 126 Å². The first-order chi connectivity index (χ1) is 38.2. The monoisotopic (exact) mass is 1110 g/mol. The predicted octanol–water partition coefficient (Wildman–Crippen LogP) is 13.8. The third kappa shape index (κ3) is 12.3. The van der Waals surface area contributed by atoms with Gasteiger partial charge in [0.25, 0.3) is 0 Å². The van der Waals surface area contributed by atoms with Gasteiger partial charge in [-0.15, -0.1) is 0 Å². The molecule has 0 N–H and O–H groups in total. The lowest BCUT2D eigenvalue weighted by atomic mass is 9.44. The van der Waals surface area contributed by atoms with E-state index in [-0.39, 0.29) is 95.6 Å². The van der Waals surface area contributed by atoms with Crippen LogP contribution < -0.4 is 0 Å². The number of Topliss-reactive ketones (excluding diaryl/α,β-unsaturated/α-hetero) is 2. The van der Waals surface area contributed by atoms with E-state index in [1.54, 1.807) is 48.5 Å². The fourth-order valence-electron chi connectivity index (χ4n) is 17.0. The van der Waals surface area contributed by atoms with Crippen LogP contribution >= 0.6 is 0 Å². The Morgan fingerprint density at radius 1 is 0.613 bits per heavy atom. The van der Waals surface area contributed by atoms with Crippen molar-refractivity contribution < 1.29 is 57.1 Å². The summed E-state index contributed by atoms with van der Waals surface area (Å²) >= 11 is 0. The van der Waals surface area contributed by atoms with Crippen LogP contribution in [0.15, 0.2) is 60.7 Å². The van der Waals surface area contributed by atoms with E-state index in [0.717, 1.165) is 51.4 Å². The Morgan fingerprint density at radius 2 is 1.18 bits per heavy atom. The Bertz CT molecular complexity index is 2400. The molecule has 14 unspecified atom stereocenters. The molecule has 3 heterocycles. The molecule has 12 nitrogen and oxygen atoms in total. The van der Waals surface area contributed by atoms with Crippen LogP contribution in [0.3, 0.4) is 0 Å². The number of rotatable bonds is 19. The average molecular weight is 1110 g/mol. The fourth-order valence-corrected chi connectivity index (χ4v) is 17.0. The molecule has 2 aromatic carbocycles. The van der Waals surface area contributed by atoms with Crippen molar-refractivity contribution >= 4 is 23.5 Å². The summed E-state index contributed by atoms with van der Waals surface area (Å²) in [6.45, 7) is 29.7. The average Bonchev–Trinajstić information content (AvgIpc) is 3.88. The summed E-state index contributed by atoms with van der Waals surface area (Å²) in [5.41, 5.74) is 0.743. The van der Waals surface area contributed by atoms with E-state index in [9.17, 15) is 19.2 Å². The summed E-state index contributed by atoms with van der Waals surface area (Å²) in [4.78, 5) is 55.9. The fraction of sp³-hybridized carbons (Fsp3) is 0.765. The van der Waals surface area contributed by atoms with E-state index >= 15 is 0 Å². The number of hydrogen-bond donors (Lipinski definition) is 0. The highest BCUT2D eigenvalue weighted by Crippen LogP contribution is 2.68. The standard InChI is InChI=1S/C68H100O12/c1-14-56-41(6)39(4)43(8)64(76-56)74-37-58-42(7)40(5)44(9)65(78-58)75-50-30-32-67(12)49(34-50)27-28-51-52(67)31-33-68(13)53(51)35-55(70)59(68)45(10)54(69)29-26-38(3)36-73-66-61(80-63(72)48-24-20-17-21-25-48)60(46(11)57(15-2)77-66)79-62(71)47-22-18-16-19-23-47/h16-25,38-46,49-53,56-61,64-66H,14-15,26-37H2,1-13H3/t38-,39-,40-,41+,42+,43?,44?,45+,46-,49?,50?,51?,52?,53?,56?,57?,58?,59?,60-,61?,64+,65+,66+,67?,68?/m0/s1. The van der Waals surface area contributed by atoms with Crippen molar-refractivity contribution in [3.8, 4) is 0 Å². The predicted molar refractivity (Wildman–Crippen MR) is 307 cm³/mol. The zero-order valence-electron chi connectivity index (χ0n) is 50.9. The lowest BCUT2D eigenvalue weighted by Crippen LogP contribution is -2.57. The molecule has 3 saturated heterocycles. The van der Waals surface area contributed by atoms with Crippen LogP contribution in [0.4, 0.5) is 0 Å². The summed E-state index contributed by atoms with van der Waals surface area (Å²) in [5, 5.41) is 0. The van der Waals surface area contributed by atoms with E-state index in [2.05, 4.69) is 62.3 Å². The van der Waals surface area contributed by atoms with Crippen molar-refractivity contribution in [1.29, 1.82) is 0 Å². The quantitative estimate of drug-likeness (QED) is 0.0976. The minimum Gasteiger partial charge on any atom is -0.454 e. The summed E-state index contributed by atoms with van der Waals surface area (Å²) in [6, 6.07) is 17.5. The van der Waals surface area contributed by atoms with Gasteiger partial charge >= 0.3 is 11.9 Å². The van der Waals surface area contributed by atoms with Crippen LogP contribution in [0.2, 0.25) is 0 Å². The second-order valence-electron chi connectivity index (χ2n) is 27.4. The van der Waals surface area contributed by atoms with Crippen molar-refractivity contribution in [1.82, 2.24) is 0 Å². The zero-order valence-corrected chi connectivity index (χ0v) is 50.9. The van der Waals surface area contributed by atoms with Crippen LogP contribution in [-0.2, 0) is 47.5 Å². The van der Waals surface area contributed by atoms with Gasteiger partial charge in [-0.3, -0.25) is 9.59 Å². The van der Waals surface area contributed by atoms with E-state index in [4.69, 9.17) is 37.9 Å². The van der Waals surface area contributed by atoms with E-state index in [1.165, 1.54) is 0 Å². The van der Waals surface area contributed by atoms with Crippen LogP contribution in [0, 0.1) is 93.7 Å². The number of carbonyl (C=O) groups is 4. The number of hydrogen-bond acceptors (Lipinski definition) is 12. The smallest absolute Gasteiger partial charge is 0.338 e. The maximum absolute atomic E-state index is 14.4. The highest BCUT2D eigenvalue weighted by atomic mass is 16.7. The molecule has 0 radical (unpaired) electrons. The van der Waals surface area contributed by atoms with E-state index < -0.39 is 30.4 Å². The molecule has 7 fully saturated rings. The largest absolute Gasteiger partial charge is 0.454 e. The minimum atomic E-state index is -1.05. The highest BCUT2D eigenvalue weighted by Gasteiger charge is 2.64. The number of ether oxygens (including phenoxy) is 8. The van der Waals surface area contributed by atoms with Crippen molar-refractivity contribution in [2.45, 2.75) is 223 Å². The van der Waals surface area contributed by atoms with Gasteiger partial charge < -0.3 is 37.9 Å². The van der Waals surface area contributed by atoms with Gasteiger partial charge in [0, 0.05) is 42.4 Å². The van der Waals surface area contributed by atoms with Gasteiger partial charge in [0.15, 0.2) is 25.0 Å². The second-order valence-corrected chi connectivity index (χ2v) is 27.4. The summed E-state index contributed by atoms with van der Waals surface area (Å²) in [5.74, 6) is 2.60. The SMILES string of the molecule is CCC1O[C@@H](OCC2O[C@@H](OC3CCC4(C)C(CCC5C4CCC4(C)C5CC(=O)C4[C@H](C)C(=O)CC[C@H](C)CO[C@@H]4OC(CC)[C@H](C)[C@H](OC(=O)c5ccccc5)C4OC(=O)c4ccccc4)C3)C(C)[C@@H](C)[C@H]2C)C(C)[C@@H](C)[C@H]1C. The molecular formula is C68H100O12. The maximum atomic E-state index is 14.4. The van der Waals surface area contributed by atoms with Crippen molar-refractivity contribution in [3.05, 3.63) is 71.8 Å². The first kappa shape index (κ1) is 61.1. The van der Waals surface area contributed by atoms with Gasteiger partial charge in [0.1, 0.15) is 17.7 Å². The molecule has 444 valence electrons. The summed E-state index contributed by atoms with van der Waals surface area (Å²) in [7, 11) is 0. The van der Waals surface area contributed by atoms with E-state index in [0.29, 0.717) is 96.7 Å². The molecule has 80 heavy (non-hydrogen) atoms. The summed E-state index contributed by atoms with van der Waals surface area (Å²) in [6.07, 6.45) is 7.24. The van der Waals surface area contributed by atoms with E-state index in [1.807, 2.05) is 39.8 Å². The Hall–Kier alpha value is -3.52. The third-order valence-corrected chi connectivity index (χ3v) is 23.0. The molecule has 4 aliphatic carbocycles. The van der Waals surface area contributed by atoms with Gasteiger partial charge in [0.05, 0.1) is 48.8 Å². The minimum absolute atomic E-state index is 0.0531. The highest BCUT2D eigenvalue weighted by molar-refractivity contribution is 5.92.